The Bertz CT molecular complexity index is 1040. The molecule has 8 heteroatoms. The van der Waals surface area contributed by atoms with Gasteiger partial charge in [-0.15, -0.1) is 10.2 Å². The Kier molecular flexibility index (Phi) is 5.57. The molecule has 1 aromatic heterocycles. The van der Waals surface area contributed by atoms with Gasteiger partial charge in [0.2, 0.25) is 23.6 Å². The quantitative estimate of drug-likeness (QED) is 0.661. The zero-order valence-electron chi connectivity index (χ0n) is 15.6. The molecule has 2 heterocycles. The van der Waals surface area contributed by atoms with Gasteiger partial charge in [-0.25, -0.2) is 0 Å². The summed E-state index contributed by atoms with van der Waals surface area (Å²) < 4.78 is 5.61. The molecule has 0 spiro atoms. The molecule has 1 aliphatic rings. The molecule has 4 rings (SSSR count). The number of aromatic nitrogens is 2. The number of rotatable bonds is 6. The smallest absolute Gasteiger partial charge is 0.247 e. The lowest BCUT2D eigenvalue weighted by Crippen LogP contribution is -2.24. The molecular formula is C21H19ClN4O3. The summed E-state index contributed by atoms with van der Waals surface area (Å²) in [6, 6.07) is 14.6. The third-order valence-electron chi connectivity index (χ3n) is 4.65. The van der Waals surface area contributed by atoms with Gasteiger partial charge in [0.15, 0.2) is 0 Å². The summed E-state index contributed by atoms with van der Waals surface area (Å²) in [6.45, 7) is 0.666. The molecule has 29 heavy (non-hydrogen) atoms. The van der Waals surface area contributed by atoms with Gasteiger partial charge in [-0.3, -0.25) is 9.59 Å². The van der Waals surface area contributed by atoms with Gasteiger partial charge in [-0.2, -0.15) is 0 Å². The number of benzene rings is 2. The summed E-state index contributed by atoms with van der Waals surface area (Å²) >= 11 is 6.31. The van der Waals surface area contributed by atoms with Crippen LogP contribution >= 0.6 is 11.6 Å². The lowest BCUT2D eigenvalue weighted by Gasteiger charge is -2.18. The van der Waals surface area contributed by atoms with Gasteiger partial charge in [0, 0.05) is 37.1 Å². The lowest BCUT2D eigenvalue weighted by atomic mass is 10.2. The van der Waals surface area contributed by atoms with Gasteiger partial charge in [-0.1, -0.05) is 29.8 Å². The molecule has 0 aliphatic carbocycles. The van der Waals surface area contributed by atoms with Crippen molar-refractivity contribution in [1.29, 1.82) is 0 Å². The zero-order valence-corrected chi connectivity index (χ0v) is 16.4. The highest BCUT2D eigenvalue weighted by Crippen LogP contribution is 2.31. The van der Waals surface area contributed by atoms with Crippen molar-refractivity contribution in [3.8, 4) is 11.5 Å². The first kappa shape index (κ1) is 19.1. The molecule has 0 saturated carbocycles. The normalized spacial score (nSPS) is 13.7. The second-order valence-corrected chi connectivity index (χ2v) is 7.14. The van der Waals surface area contributed by atoms with E-state index in [1.807, 2.05) is 30.3 Å². The summed E-state index contributed by atoms with van der Waals surface area (Å²) in [6.07, 6.45) is 1.89. The number of aryl methyl sites for hydroxylation is 1. The van der Waals surface area contributed by atoms with Crippen LogP contribution in [0.1, 0.15) is 25.2 Å². The Balaban J connectivity index is 1.34. The average molecular weight is 411 g/mol. The van der Waals surface area contributed by atoms with Crippen molar-refractivity contribution in [3.63, 3.8) is 0 Å². The fourth-order valence-corrected chi connectivity index (χ4v) is 3.48. The minimum absolute atomic E-state index is 0.0677. The van der Waals surface area contributed by atoms with Crippen LogP contribution in [0.15, 0.2) is 52.9 Å². The molecule has 2 aromatic carbocycles. The molecule has 3 aromatic rings. The highest BCUT2D eigenvalue weighted by Gasteiger charge is 2.23. The van der Waals surface area contributed by atoms with Gasteiger partial charge in [0.1, 0.15) is 0 Å². The number of nitrogens with zero attached hydrogens (tertiary/aromatic N) is 3. The number of halogens is 1. The molecule has 0 radical (unpaired) electrons. The molecule has 1 fully saturated rings. The van der Waals surface area contributed by atoms with Crippen LogP contribution in [0.3, 0.4) is 0 Å². The Morgan fingerprint density at radius 3 is 2.72 bits per heavy atom. The first-order valence-corrected chi connectivity index (χ1v) is 9.75. The Hall–Kier alpha value is -3.19. The van der Waals surface area contributed by atoms with Crippen LogP contribution < -0.4 is 10.2 Å². The van der Waals surface area contributed by atoms with Crippen LogP contribution in [0.2, 0.25) is 5.02 Å². The van der Waals surface area contributed by atoms with E-state index < -0.39 is 0 Å². The molecule has 7 nitrogen and oxygen atoms in total. The number of carbonyl (C=O) groups is 2. The second-order valence-electron chi connectivity index (χ2n) is 6.73. The van der Waals surface area contributed by atoms with E-state index >= 15 is 0 Å². The topological polar surface area (TPSA) is 88.3 Å². The van der Waals surface area contributed by atoms with Gasteiger partial charge < -0.3 is 14.6 Å². The zero-order chi connectivity index (χ0) is 20.2. The maximum absolute atomic E-state index is 12.3. The van der Waals surface area contributed by atoms with Crippen molar-refractivity contribution in [2.75, 3.05) is 16.8 Å². The standard InChI is InChI=1S/C21H19ClN4O3/c22-16-13-15(8-9-17(16)26-12-4-7-20(26)28)23-18(27)10-11-19-24-25-21(29-19)14-5-2-1-3-6-14/h1-3,5-6,8-9,13H,4,7,10-12H2,(H,23,27). The summed E-state index contributed by atoms with van der Waals surface area (Å²) in [5.74, 6) is 0.711. The van der Waals surface area contributed by atoms with Crippen molar-refractivity contribution in [3.05, 3.63) is 59.4 Å². The third kappa shape index (κ3) is 4.46. The molecule has 1 saturated heterocycles. The van der Waals surface area contributed by atoms with E-state index in [0.717, 1.165) is 12.0 Å². The molecule has 1 aliphatic heterocycles. The minimum atomic E-state index is -0.189. The van der Waals surface area contributed by atoms with Crippen LogP contribution in [0.5, 0.6) is 0 Å². The van der Waals surface area contributed by atoms with E-state index in [4.69, 9.17) is 16.0 Å². The second kappa shape index (κ2) is 8.45. The number of amides is 2. The Morgan fingerprint density at radius 2 is 2.00 bits per heavy atom. The van der Waals surface area contributed by atoms with Crippen molar-refractivity contribution >= 4 is 34.8 Å². The fourth-order valence-electron chi connectivity index (χ4n) is 3.20. The molecule has 2 amide bonds. The monoisotopic (exact) mass is 410 g/mol. The predicted octanol–water partition coefficient (Wildman–Crippen LogP) is 4.09. The summed E-state index contributed by atoms with van der Waals surface area (Å²) in [7, 11) is 0. The van der Waals surface area contributed by atoms with Crippen LogP contribution in [-0.2, 0) is 16.0 Å². The van der Waals surface area contributed by atoms with Gasteiger partial charge in [0.05, 0.1) is 10.7 Å². The van der Waals surface area contributed by atoms with E-state index in [2.05, 4.69) is 15.5 Å². The summed E-state index contributed by atoms with van der Waals surface area (Å²) in [5.41, 5.74) is 2.08. The highest BCUT2D eigenvalue weighted by atomic mass is 35.5. The number of anilines is 2. The molecular weight excluding hydrogens is 392 g/mol. The van der Waals surface area contributed by atoms with Crippen molar-refractivity contribution in [1.82, 2.24) is 10.2 Å². The van der Waals surface area contributed by atoms with E-state index in [1.54, 1.807) is 23.1 Å². The fraction of sp³-hybridized carbons (Fsp3) is 0.238. The summed E-state index contributed by atoms with van der Waals surface area (Å²) in [4.78, 5) is 25.8. The largest absolute Gasteiger partial charge is 0.421 e. The van der Waals surface area contributed by atoms with Gasteiger partial charge in [-0.05, 0) is 36.8 Å². The van der Waals surface area contributed by atoms with Crippen LogP contribution in [-0.4, -0.2) is 28.6 Å². The van der Waals surface area contributed by atoms with Crippen LogP contribution in [0, 0.1) is 0 Å². The highest BCUT2D eigenvalue weighted by molar-refractivity contribution is 6.34. The van der Waals surface area contributed by atoms with Crippen molar-refractivity contribution in [2.24, 2.45) is 0 Å². The van der Waals surface area contributed by atoms with E-state index in [-0.39, 0.29) is 18.2 Å². The van der Waals surface area contributed by atoms with E-state index in [9.17, 15) is 9.59 Å². The average Bonchev–Trinajstić information content (AvgIpc) is 3.36. The minimum Gasteiger partial charge on any atom is -0.421 e. The molecule has 0 atom stereocenters. The van der Waals surface area contributed by atoms with Crippen LogP contribution in [0.4, 0.5) is 11.4 Å². The maximum atomic E-state index is 12.3. The number of nitrogens with one attached hydrogen (secondary N) is 1. The van der Waals surface area contributed by atoms with Crippen LogP contribution in [0.25, 0.3) is 11.5 Å². The first-order chi connectivity index (χ1) is 14.1. The molecule has 148 valence electrons. The number of hydrogen-bond acceptors (Lipinski definition) is 5. The van der Waals surface area contributed by atoms with Crippen molar-refractivity contribution < 1.29 is 14.0 Å². The summed E-state index contributed by atoms with van der Waals surface area (Å²) in [5, 5.41) is 11.2. The van der Waals surface area contributed by atoms with Gasteiger partial charge >= 0.3 is 0 Å². The molecule has 0 bridgehead atoms. The van der Waals surface area contributed by atoms with Crippen molar-refractivity contribution in [2.45, 2.75) is 25.7 Å². The van der Waals surface area contributed by atoms with E-state index in [0.29, 0.717) is 47.6 Å². The molecule has 1 N–H and O–H groups in total. The predicted molar refractivity (Wildman–Crippen MR) is 110 cm³/mol. The third-order valence-corrected chi connectivity index (χ3v) is 4.95. The SMILES string of the molecule is O=C(CCc1nnc(-c2ccccc2)o1)Nc1ccc(N2CCCC2=O)c(Cl)c1. The lowest BCUT2D eigenvalue weighted by molar-refractivity contribution is -0.117. The first-order valence-electron chi connectivity index (χ1n) is 9.38. The maximum Gasteiger partial charge on any atom is 0.247 e. The Labute approximate surface area is 172 Å². The molecule has 0 unspecified atom stereocenters. The Morgan fingerprint density at radius 1 is 1.17 bits per heavy atom. The van der Waals surface area contributed by atoms with Gasteiger partial charge in [0.25, 0.3) is 0 Å². The number of carbonyl (C=O) groups excluding carboxylic acids is 2. The number of hydrogen-bond donors (Lipinski definition) is 1. The van der Waals surface area contributed by atoms with E-state index in [1.165, 1.54) is 0 Å².